The number of para-hydroxylation sites is 1. The zero-order valence-corrected chi connectivity index (χ0v) is 16.2. The van der Waals surface area contributed by atoms with Crippen LogP contribution in [0.3, 0.4) is 0 Å². The fourth-order valence-electron chi connectivity index (χ4n) is 2.26. The van der Waals surface area contributed by atoms with E-state index in [9.17, 15) is 9.59 Å². The molecule has 2 rings (SSSR count). The molecule has 0 heterocycles. The molecule has 0 saturated heterocycles. The number of nitrogens with zero attached hydrogens (tertiary/aromatic N) is 1. The second-order valence-electron chi connectivity index (χ2n) is 5.44. The van der Waals surface area contributed by atoms with Crippen LogP contribution in [-0.4, -0.2) is 36.6 Å². The molecule has 2 aromatic rings. The summed E-state index contributed by atoms with van der Waals surface area (Å²) in [7, 11) is 1.58. The standard InChI is InChI=1S/C18H18Cl2N2O2S/c1-22(18(24)13-6-3-5-12(9-13)11-25-2)10-16(23)21-17-14(19)7-4-8-15(17)20/h3-9H,10-11H2,1-2H3,(H,21,23). The van der Waals surface area contributed by atoms with Crippen molar-refractivity contribution >= 4 is 52.5 Å². The van der Waals surface area contributed by atoms with E-state index in [1.54, 1.807) is 43.1 Å². The van der Waals surface area contributed by atoms with Gasteiger partial charge < -0.3 is 10.2 Å². The molecule has 0 aliphatic carbocycles. The number of benzene rings is 2. The van der Waals surface area contributed by atoms with Crippen molar-refractivity contribution < 1.29 is 9.59 Å². The Morgan fingerprint density at radius 2 is 1.76 bits per heavy atom. The number of carbonyl (C=O) groups is 2. The summed E-state index contributed by atoms with van der Waals surface area (Å²) in [4.78, 5) is 26.1. The Labute approximate surface area is 161 Å². The van der Waals surface area contributed by atoms with Gasteiger partial charge in [-0.1, -0.05) is 41.4 Å². The van der Waals surface area contributed by atoms with Gasteiger partial charge in [-0.25, -0.2) is 0 Å². The second kappa shape index (κ2) is 9.13. The molecule has 0 atom stereocenters. The fraction of sp³-hybridized carbons (Fsp3) is 0.222. The summed E-state index contributed by atoms with van der Waals surface area (Å²) in [5.41, 5.74) is 1.97. The number of anilines is 1. The molecule has 0 unspecified atom stereocenters. The van der Waals surface area contributed by atoms with Crippen molar-refractivity contribution in [2.24, 2.45) is 0 Å². The number of carbonyl (C=O) groups excluding carboxylic acids is 2. The zero-order valence-electron chi connectivity index (χ0n) is 13.9. The first-order valence-electron chi connectivity index (χ1n) is 7.49. The molecule has 2 amide bonds. The van der Waals surface area contributed by atoms with Crippen molar-refractivity contribution in [1.29, 1.82) is 0 Å². The Morgan fingerprint density at radius 1 is 1.12 bits per heavy atom. The highest BCUT2D eigenvalue weighted by molar-refractivity contribution is 7.97. The van der Waals surface area contributed by atoms with Crippen LogP contribution in [0.2, 0.25) is 10.0 Å². The van der Waals surface area contributed by atoms with Crippen molar-refractivity contribution in [2.75, 3.05) is 25.2 Å². The molecular weight excluding hydrogens is 379 g/mol. The minimum absolute atomic E-state index is 0.104. The van der Waals surface area contributed by atoms with Gasteiger partial charge in [0.1, 0.15) is 0 Å². The smallest absolute Gasteiger partial charge is 0.254 e. The van der Waals surface area contributed by atoms with Crippen molar-refractivity contribution in [1.82, 2.24) is 4.90 Å². The van der Waals surface area contributed by atoms with Crippen LogP contribution < -0.4 is 5.32 Å². The van der Waals surface area contributed by atoms with Crippen molar-refractivity contribution in [3.8, 4) is 0 Å². The fourth-order valence-corrected chi connectivity index (χ4v) is 3.27. The van der Waals surface area contributed by atoms with Gasteiger partial charge in [-0.05, 0) is 36.1 Å². The topological polar surface area (TPSA) is 49.4 Å². The molecule has 0 spiro atoms. The summed E-state index contributed by atoms with van der Waals surface area (Å²) in [5, 5.41) is 3.34. The largest absolute Gasteiger partial charge is 0.332 e. The van der Waals surface area contributed by atoms with E-state index in [0.717, 1.165) is 11.3 Å². The molecule has 0 radical (unpaired) electrons. The Bertz CT molecular complexity index is 763. The lowest BCUT2D eigenvalue weighted by molar-refractivity contribution is -0.116. The highest BCUT2D eigenvalue weighted by Crippen LogP contribution is 2.29. The summed E-state index contributed by atoms with van der Waals surface area (Å²) in [5.74, 6) is 0.241. The molecule has 0 saturated carbocycles. The van der Waals surface area contributed by atoms with E-state index < -0.39 is 0 Å². The zero-order chi connectivity index (χ0) is 18.4. The van der Waals surface area contributed by atoms with Gasteiger partial charge in [0.25, 0.3) is 5.91 Å². The van der Waals surface area contributed by atoms with Crippen LogP contribution >= 0.6 is 35.0 Å². The highest BCUT2D eigenvalue weighted by atomic mass is 35.5. The van der Waals surface area contributed by atoms with Gasteiger partial charge in [0.15, 0.2) is 0 Å². The van der Waals surface area contributed by atoms with Gasteiger partial charge in [0, 0.05) is 18.4 Å². The lowest BCUT2D eigenvalue weighted by Crippen LogP contribution is -2.35. The molecule has 4 nitrogen and oxygen atoms in total. The molecule has 1 N–H and O–H groups in total. The van der Waals surface area contributed by atoms with Crippen LogP contribution in [0.4, 0.5) is 5.69 Å². The third-order valence-corrected chi connectivity index (χ3v) is 4.69. The van der Waals surface area contributed by atoms with Gasteiger partial charge in [0.05, 0.1) is 22.3 Å². The summed E-state index contributed by atoms with van der Waals surface area (Å²) in [6.07, 6.45) is 2.00. The number of hydrogen-bond acceptors (Lipinski definition) is 3. The number of thioether (sulfide) groups is 1. The Kier molecular flexibility index (Phi) is 7.17. The van der Waals surface area contributed by atoms with Gasteiger partial charge in [-0.2, -0.15) is 11.8 Å². The van der Waals surface area contributed by atoms with Crippen LogP contribution in [0, 0.1) is 0 Å². The maximum Gasteiger partial charge on any atom is 0.254 e. The van der Waals surface area contributed by atoms with E-state index in [4.69, 9.17) is 23.2 Å². The first-order chi connectivity index (χ1) is 11.9. The maximum absolute atomic E-state index is 12.5. The van der Waals surface area contributed by atoms with E-state index in [1.165, 1.54) is 4.90 Å². The predicted molar refractivity (Wildman–Crippen MR) is 106 cm³/mol. The third kappa shape index (κ3) is 5.39. The molecular formula is C18H18Cl2N2O2S. The first kappa shape index (κ1) is 19.6. The molecule has 132 valence electrons. The second-order valence-corrected chi connectivity index (χ2v) is 7.12. The van der Waals surface area contributed by atoms with Crippen molar-refractivity contribution in [3.05, 3.63) is 63.6 Å². The average Bonchev–Trinajstić information content (AvgIpc) is 2.58. The summed E-state index contributed by atoms with van der Waals surface area (Å²) >= 11 is 13.8. The van der Waals surface area contributed by atoms with Crippen LogP contribution in [0.5, 0.6) is 0 Å². The van der Waals surface area contributed by atoms with Crippen LogP contribution in [0.1, 0.15) is 15.9 Å². The number of halogens is 2. The van der Waals surface area contributed by atoms with Crippen LogP contribution in [-0.2, 0) is 10.5 Å². The summed E-state index contributed by atoms with van der Waals surface area (Å²) < 4.78 is 0. The Hall–Kier alpha value is -1.69. The predicted octanol–water partition coefficient (Wildman–Crippen LogP) is 4.57. The molecule has 0 aromatic heterocycles. The van der Waals surface area contributed by atoms with E-state index in [-0.39, 0.29) is 18.4 Å². The maximum atomic E-state index is 12.5. The summed E-state index contributed by atoms with van der Waals surface area (Å²) in [6, 6.07) is 12.4. The molecule has 0 fully saturated rings. The summed E-state index contributed by atoms with van der Waals surface area (Å²) in [6.45, 7) is -0.104. The Morgan fingerprint density at radius 3 is 2.40 bits per heavy atom. The van der Waals surface area contributed by atoms with E-state index >= 15 is 0 Å². The highest BCUT2D eigenvalue weighted by Gasteiger charge is 2.17. The average molecular weight is 397 g/mol. The van der Waals surface area contributed by atoms with Crippen molar-refractivity contribution in [2.45, 2.75) is 5.75 Å². The van der Waals surface area contributed by atoms with E-state index in [1.807, 2.05) is 24.5 Å². The van der Waals surface area contributed by atoms with E-state index in [0.29, 0.717) is 21.3 Å². The van der Waals surface area contributed by atoms with Crippen LogP contribution in [0.15, 0.2) is 42.5 Å². The van der Waals surface area contributed by atoms with Gasteiger partial charge in [0.2, 0.25) is 5.91 Å². The Balaban J connectivity index is 2.03. The van der Waals surface area contributed by atoms with Gasteiger partial charge in [-0.15, -0.1) is 0 Å². The number of hydrogen-bond donors (Lipinski definition) is 1. The molecule has 2 aromatic carbocycles. The minimum Gasteiger partial charge on any atom is -0.332 e. The van der Waals surface area contributed by atoms with E-state index in [2.05, 4.69) is 5.32 Å². The SMILES string of the molecule is CSCc1cccc(C(=O)N(C)CC(=O)Nc2c(Cl)cccc2Cl)c1. The quantitative estimate of drug-likeness (QED) is 0.777. The van der Waals surface area contributed by atoms with Crippen molar-refractivity contribution in [3.63, 3.8) is 0 Å². The number of amides is 2. The molecule has 0 aliphatic rings. The molecule has 0 bridgehead atoms. The first-order valence-corrected chi connectivity index (χ1v) is 9.64. The van der Waals surface area contributed by atoms with Gasteiger partial charge >= 0.3 is 0 Å². The molecule has 25 heavy (non-hydrogen) atoms. The number of likely N-dealkylation sites (N-methyl/N-ethyl adjacent to an activating group) is 1. The number of nitrogens with one attached hydrogen (secondary N) is 1. The lowest BCUT2D eigenvalue weighted by atomic mass is 10.1. The van der Waals surface area contributed by atoms with Gasteiger partial charge in [-0.3, -0.25) is 9.59 Å². The normalized spacial score (nSPS) is 10.4. The van der Waals surface area contributed by atoms with Crippen LogP contribution in [0.25, 0.3) is 0 Å². The monoisotopic (exact) mass is 396 g/mol. The minimum atomic E-state index is -0.369. The molecule has 7 heteroatoms. The third-order valence-electron chi connectivity index (χ3n) is 3.44. The lowest BCUT2D eigenvalue weighted by Gasteiger charge is -2.18. The molecule has 0 aliphatic heterocycles. The number of rotatable bonds is 6.